The normalized spacial score (nSPS) is 15.8. The number of carbonyl (C=O) groups is 1. The summed E-state index contributed by atoms with van der Waals surface area (Å²) in [6.07, 6.45) is 0.698. The number of fused-ring (bicyclic) bond motifs is 2. The van der Waals surface area contributed by atoms with Crippen LogP contribution in [0.3, 0.4) is 0 Å². The number of benzene rings is 3. The van der Waals surface area contributed by atoms with Crippen molar-refractivity contribution in [3.63, 3.8) is 0 Å². The zero-order chi connectivity index (χ0) is 22.2. The molecule has 1 amide bonds. The molecule has 0 aliphatic carbocycles. The average Bonchev–Trinajstić information content (AvgIpc) is 3.09. The number of hydrogen-bond acceptors (Lipinski definition) is 3. The highest BCUT2D eigenvalue weighted by Gasteiger charge is 2.26. The molecule has 8 heteroatoms. The third-order valence-corrected chi connectivity index (χ3v) is 5.75. The van der Waals surface area contributed by atoms with Gasteiger partial charge in [-0.05, 0) is 54.8 Å². The van der Waals surface area contributed by atoms with Gasteiger partial charge in [-0.1, -0.05) is 35.9 Å². The minimum atomic E-state index is -0.725. The number of halogens is 2. The Morgan fingerprint density at radius 3 is 2.62 bits per heavy atom. The topological polar surface area (TPSA) is 90.1 Å². The third kappa shape index (κ3) is 3.83. The molecule has 3 N–H and O–H groups in total. The van der Waals surface area contributed by atoms with E-state index in [1.165, 1.54) is 6.07 Å². The summed E-state index contributed by atoms with van der Waals surface area (Å²) < 4.78 is 14.1. The first-order chi connectivity index (χ1) is 15.5. The van der Waals surface area contributed by atoms with Gasteiger partial charge in [0.2, 0.25) is 5.91 Å². The summed E-state index contributed by atoms with van der Waals surface area (Å²) in [7, 11) is 0. The summed E-state index contributed by atoms with van der Waals surface area (Å²) in [6.45, 7) is 0. The van der Waals surface area contributed by atoms with Gasteiger partial charge in [-0.25, -0.2) is 9.18 Å². The van der Waals surface area contributed by atoms with E-state index >= 15 is 0 Å². The Hall–Kier alpha value is -3.71. The Labute approximate surface area is 187 Å². The molecular weight excluding hydrogens is 431 g/mol. The van der Waals surface area contributed by atoms with E-state index in [2.05, 4.69) is 15.3 Å². The van der Waals surface area contributed by atoms with Crippen LogP contribution in [0.5, 0.6) is 0 Å². The quantitative estimate of drug-likeness (QED) is 0.431. The van der Waals surface area contributed by atoms with E-state index in [1.54, 1.807) is 48.5 Å². The number of H-pyrrole nitrogens is 2. The van der Waals surface area contributed by atoms with Crippen LogP contribution in [0.1, 0.15) is 23.1 Å². The lowest BCUT2D eigenvalue weighted by atomic mass is 10.00. The molecule has 0 saturated carbocycles. The molecule has 1 aliphatic heterocycles. The SMILES string of the molecule is O=C1Nc2ccc(Cl)cc2C(c2ccc3[nH]c(=O)[nH]c3c2)=NC1CCc1ccccc1F. The van der Waals surface area contributed by atoms with E-state index in [0.717, 1.165) is 5.56 Å². The number of anilines is 1. The van der Waals surface area contributed by atoms with E-state index in [0.29, 0.717) is 51.4 Å². The van der Waals surface area contributed by atoms with E-state index in [4.69, 9.17) is 16.6 Å². The molecular formula is C24H18ClFN4O2. The highest BCUT2D eigenvalue weighted by Crippen LogP contribution is 2.29. The van der Waals surface area contributed by atoms with Crippen molar-refractivity contribution in [2.75, 3.05) is 5.32 Å². The van der Waals surface area contributed by atoms with Gasteiger partial charge in [-0.2, -0.15) is 0 Å². The van der Waals surface area contributed by atoms with Gasteiger partial charge in [0.1, 0.15) is 11.9 Å². The number of nitrogens with one attached hydrogen (secondary N) is 3. The molecule has 32 heavy (non-hydrogen) atoms. The number of aromatic nitrogens is 2. The van der Waals surface area contributed by atoms with Gasteiger partial charge in [0, 0.05) is 16.1 Å². The van der Waals surface area contributed by atoms with Gasteiger partial charge in [-0.15, -0.1) is 0 Å². The number of hydrogen-bond donors (Lipinski definition) is 3. The van der Waals surface area contributed by atoms with Crippen LogP contribution in [0.4, 0.5) is 10.1 Å². The number of benzodiazepines with no additional fused rings is 1. The van der Waals surface area contributed by atoms with Gasteiger partial charge in [0.25, 0.3) is 0 Å². The fourth-order valence-corrected chi connectivity index (χ4v) is 4.09. The van der Waals surface area contributed by atoms with Crippen LogP contribution >= 0.6 is 11.6 Å². The monoisotopic (exact) mass is 448 g/mol. The second-order valence-electron chi connectivity index (χ2n) is 7.64. The Bertz CT molecular complexity index is 1440. The zero-order valence-corrected chi connectivity index (χ0v) is 17.5. The number of imidazole rings is 1. The number of rotatable bonds is 4. The van der Waals surface area contributed by atoms with Crippen molar-refractivity contribution in [2.24, 2.45) is 4.99 Å². The minimum Gasteiger partial charge on any atom is -0.324 e. The fraction of sp³-hybridized carbons (Fsp3) is 0.125. The number of aromatic amines is 2. The highest BCUT2D eigenvalue weighted by atomic mass is 35.5. The molecule has 0 saturated heterocycles. The van der Waals surface area contributed by atoms with Crippen LogP contribution in [0.25, 0.3) is 11.0 Å². The lowest BCUT2D eigenvalue weighted by Gasteiger charge is -2.12. The number of carbonyl (C=O) groups excluding carboxylic acids is 1. The van der Waals surface area contributed by atoms with Gasteiger partial charge in [-0.3, -0.25) is 9.79 Å². The van der Waals surface area contributed by atoms with Gasteiger partial charge < -0.3 is 15.3 Å². The number of amides is 1. The molecule has 1 unspecified atom stereocenters. The maximum absolute atomic E-state index is 14.1. The molecule has 1 aliphatic rings. The lowest BCUT2D eigenvalue weighted by molar-refractivity contribution is -0.117. The standard InChI is InChI=1S/C24H18ClFN4O2/c25-15-7-10-18-16(12-15)22(14-6-8-19-21(11-14)30-24(32)29-19)27-20(23(31)28-18)9-5-13-3-1-2-4-17(13)26/h1-4,6-8,10-12,20H,5,9H2,(H,28,31)(H2,29,30,32). The summed E-state index contributed by atoms with van der Waals surface area (Å²) >= 11 is 6.25. The second kappa shape index (κ2) is 8.09. The van der Waals surface area contributed by atoms with Crippen molar-refractivity contribution in [1.29, 1.82) is 0 Å². The minimum absolute atomic E-state index is 0.268. The molecule has 0 bridgehead atoms. The predicted octanol–water partition coefficient (Wildman–Crippen LogP) is 4.44. The Balaban J connectivity index is 1.59. The summed E-state index contributed by atoms with van der Waals surface area (Å²) in [5.74, 6) is -0.571. The second-order valence-corrected chi connectivity index (χ2v) is 8.08. The van der Waals surface area contributed by atoms with Gasteiger partial charge in [0.15, 0.2) is 0 Å². The maximum atomic E-state index is 14.1. The van der Waals surface area contributed by atoms with Crippen molar-refractivity contribution >= 4 is 39.9 Å². The van der Waals surface area contributed by atoms with Crippen LogP contribution in [0.2, 0.25) is 5.02 Å². The summed E-state index contributed by atoms with van der Waals surface area (Å²) in [6, 6.07) is 16.4. The Morgan fingerprint density at radius 2 is 1.78 bits per heavy atom. The zero-order valence-electron chi connectivity index (χ0n) is 16.8. The largest absolute Gasteiger partial charge is 0.324 e. The first-order valence-corrected chi connectivity index (χ1v) is 10.5. The number of nitrogens with zero attached hydrogens (tertiary/aromatic N) is 1. The van der Waals surface area contributed by atoms with Crippen LogP contribution in [0.15, 0.2) is 70.5 Å². The van der Waals surface area contributed by atoms with Crippen molar-refractivity contribution in [3.05, 3.63) is 98.7 Å². The predicted molar refractivity (Wildman–Crippen MR) is 123 cm³/mol. The first kappa shape index (κ1) is 20.2. The van der Waals surface area contributed by atoms with Crippen LogP contribution < -0.4 is 11.0 Å². The molecule has 0 spiro atoms. The Morgan fingerprint density at radius 1 is 0.969 bits per heavy atom. The molecule has 4 aromatic rings. The summed E-state index contributed by atoms with van der Waals surface area (Å²) in [5.41, 5.74) is 4.10. The number of aryl methyl sites for hydroxylation is 1. The third-order valence-electron chi connectivity index (χ3n) is 5.52. The molecule has 1 aromatic heterocycles. The van der Waals surface area contributed by atoms with Crippen LogP contribution in [-0.2, 0) is 11.2 Å². The molecule has 1 atom stereocenters. The van der Waals surface area contributed by atoms with Crippen LogP contribution in [-0.4, -0.2) is 27.6 Å². The fourth-order valence-electron chi connectivity index (χ4n) is 3.92. The molecule has 160 valence electrons. The highest BCUT2D eigenvalue weighted by molar-refractivity contribution is 6.32. The van der Waals surface area contributed by atoms with E-state index in [1.807, 2.05) is 6.07 Å². The molecule has 0 fully saturated rings. The van der Waals surface area contributed by atoms with Crippen molar-refractivity contribution in [2.45, 2.75) is 18.9 Å². The summed E-state index contributed by atoms with van der Waals surface area (Å²) in [5, 5.41) is 3.43. The molecule has 6 nitrogen and oxygen atoms in total. The Kier molecular flexibility index (Phi) is 5.11. The molecule has 5 rings (SSSR count). The molecule has 0 radical (unpaired) electrons. The lowest BCUT2D eigenvalue weighted by Crippen LogP contribution is -2.26. The summed E-state index contributed by atoms with van der Waals surface area (Å²) in [4.78, 5) is 34.9. The van der Waals surface area contributed by atoms with Gasteiger partial charge >= 0.3 is 5.69 Å². The van der Waals surface area contributed by atoms with E-state index in [9.17, 15) is 14.0 Å². The molecule has 3 aromatic carbocycles. The smallest absolute Gasteiger partial charge is 0.323 e. The van der Waals surface area contributed by atoms with Crippen molar-refractivity contribution < 1.29 is 9.18 Å². The maximum Gasteiger partial charge on any atom is 0.323 e. The van der Waals surface area contributed by atoms with Crippen molar-refractivity contribution in [1.82, 2.24) is 9.97 Å². The van der Waals surface area contributed by atoms with E-state index < -0.39 is 6.04 Å². The van der Waals surface area contributed by atoms with Crippen molar-refractivity contribution in [3.8, 4) is 0 Å². The van der Waals surface area contributed by atoms with Gasteiger partial charge in [0.05, 0.1) is 22.4 Å². The molecule has 2 heterocycles. The van der Waals surface area contributed by atoms with E-state index in [-0.39, 0.29) is 17.4 Å². The average molecular weight is 449 g/mol. The van der Waals surface area contributed by atoms with Crippen LogP contribution in [0, 0.1) is 5.82 Å². The first-order valence-electron chi connectivity index (χ1n) is 10.1. The number of aliphatic imine (C=N–C) groups is 1.